The fraction of sp³-hybridized carbons (Fsp3) is 0.478. The van der Waals surface area contributed by atoms with Gasteiger partial charge in [-0.25, -0.2) is 23.1 Å². The van der Waals surface area contributed by atoms with Crippen molar-refractivity contribution in [1.29, 1.82) is 0 Å². The van der Waals surface area contributed by atoms with Crippen molar-refractivity contribution in [2.24, 2.45) is 5.92 Å². The molecular formula is C23H30N6O3S. The molecule has 33 heavy (non-hydrogen) atoms. The first-order chi connectivity index (χ1) is 15.8. The van der Waals surface area contributed by atoms with Crippen LogP contribution in [0, 0.1) is 5.92 Å². The molecule has 2 fully saturated rings. The van der Waals surface area contributed by atoms with Crippen LogP contribution in [-0.2, 0) is 16.6 Å². The van der Waals surface area contributed by atoms with E-state index < -0.39 is 10.0 Å². The molecule has 2 aromatic heterocycles. The highest BCUT2D eigenvalue weighted by atomic mass is 32.2. The lowest BCUT2D eigenvalue weighted by Crippen LogP contribution is -2.36. The Morgan fingerprint density at radius 1 is 1.27 bits per heavy atom. The molecule has 1 aliphatic heterocycles. The number of nitrogens with zero attached hydrogens (tertiary/aromatic N) is 4. The van der Waals surface area contributed by atoms with E-state index in [4.69, 9.17) is 5.73 Å². The zero-order chi connectivity index (χ0) is 23.2. The van der Waals surface area contributed by atoms with Gasteiger partial charge in [0, 0.05) is 44.0 Å². The number of benzene rings is 1. The van der Waals surface area contributed by atoms with Crippen LogP contribution in [0.2, 0.25) is 0 Å². The molecule has 2 aliphatic rings. The average Bonchev–Trinajstić information content (AvgIpc) is 3.33. The Hall–Kier alpha value is -2.53. The summed E-state index contributed by atoms with van der Waals surface area (Å²) in [4.78, 5) is 11.1. The number of sulfonamides is 1. The number of hydrogen-bond donors (Lipinski definition) is 3. The number of aromatic nitrogens is 3. The first-order valence-corrected chi connectivity index (χ1v) is 13.2. The van der Waals surface area contributed by atoms with E-state index in [9.17, 15) is 13.5 Å². The van der Waals surface area contributed by atoms with Crippen molar-refractivity contribution in [3.63, 3.8) is 0 Å². The fourth-order valence-corrected chi connectivity index (χ4v) is 5.52. The topological polar surface area (TPSA) is 126 Å². The summed E-state index contributed by atoms with van der Waals surface area (Å²) in [6.45, 7) is 3.03. The molecule has 0 unspecified atom stereocenters. The Bertz CT molecular complexity index is 1270. The highest BCUT2D eigenvalue weighted by Crippen LogP contribution is 2.43. The van der Waals surface area contributed by atoms with E-state index in [-0.39, 0.29) is 12.6 Å². The number of aliphatic hydroxyl groups excluding tert-OH is 1. The van der Waals surface area contributed by atoms with E-state index in [0.29, 0.717) is 17.8 Å². The van der Waals surface area contributed by atoms with Gasteiger partial charge in [-0.1, -0.05) is 18.2 Å². The SMILES string of the molecule is CS(=O)(=O)NCc1cccc(-c2cn(C3CC(CN4CC[C@@H](O)C4)C3)c3ncnc(N)c23)c1. The minimum absolute atomic E-state index is 0.181. The number of anilines is 1. The highest BCUT2D eigenvalue weighted by Gasteiger charge is 2.34. The van der Waals surface area contributed by atoms with Crippen LogP contribution in [0.3, 0.4) is 0 Å². The maximum absolute atomic E-state index is 11.5. The normalized spacial score (nSPS) is 23.8. The number of rotatable bonds is 7. The molecule has 3 aromatic rings. The van der Waals surface area contributed by atoms with Crippen LogP contribution in [0.5, 0.6) is 0 Å². The predicted octanol–water partition coefficient (Wildman–Crippen LogP) is 1.75. The van der Waals surface area contributed by atoms with Crippen LogP contribution >= 0.6 is 0 Å². The second kappa shape index (κ2) is 8.68. The quantitative estimate of drug-likeness (QED) is 0.480. The standard InChI is InChI=1S/C23H30N6O3S/c1-33(31,32)27-10-15-3-2-4-17(7-15)20-13-29(23-21(20)22(24)25-14-26-23)18-8-16(9-18)11-28-6-5-19(30)12-28/h2-4,7,13-14,16,18-19,27,30H,5-6,8-12H2,1H3,(H2,24,25,26)/t16?,18?,19-/m1/s1. The maximum atomic E-state index is 11.5. The third kappa shape index (κ3) is 4.74. The highest BCUT2D eigenvalue weighted by molar-refractivity contribution is 7.88. The molecule has 3 heterocycles. The minimum atomic E-state index is -3.27. The van der Waals surface area contributed by atoms with Gasteiger partial charge in [-0.15, -0.1) is 0 Å². The van der Waals surface area contributed by atoms with Gasteiger partial charge >= 0.3 is 0 Å². The fourth-order valence-electron chi connectivity index (χ4n) is 5.09. The van der Waals surface area contributed by atoms with E-state index in [0.717, 1.165) is 72.9 Å². The zero-order valence-corrected chi connectivity index (χ0v) is 19.5. The van der Waals surface area contributed by atoms with Gasteiger partial charge < -0.3 is 20.3 Å². The van der Waals surface area contributed by atoms with Crippen LogP contribution in [-0.4, -0.2) is 65.0 Å². The molecule has 1 atom stereocenters. The molecule has 9 nitrogen and oxygen atoms in total. The molecule has 0 spiro atoms. The third-order valence-electron chi connectivity index (χ3n) is 6.78. The molecule has 0 amide bonds. The van der Waals surface area contributed by atoms with Crippen LogP contribution < -0.4 is 10.5 Å². The number of nitrogens with one attached hydrogen (secondary N) is 1. The summed E-state index contributed by atoms with van der Waals surface area (Å²) in [7, 11) is -3.27. The van der Waals surface area contributed by atoms with Gasteiger partial charge in [-0.05, 0) is 42.4 Å². The number of aliphatic hydroxyl groups is 1. The second-order valence-corrected chi connectivity index (χ2v) is 11.2. The molecule has 1 aromatic carbocycles. The first-order valence-electron chi connectivity index (χ1n) is 11.3. The van der Waals surface area contributed by atoms with Crippen LogP contribution in [0.4, 0.5) is 5.82 Å². The predicted molar refractivity (Wildman–Crippen MR) is 128 cm³/mol. The van der Waals surface area contributed by atoms with Crippen molar-refractivity contribution in [2.45, 2.75) is 38.0 Å². The Morgan fingerprint density at radius 3 is 2.82 bits per heavy atom. The summed E-state index contributed by atoms with van der Waals surface area (Å²) in [5, 5.41) is 10.6. The Kier molecular flexibility index (Phi) is 5.86. The Morgan fingerprint density at radius 2 is 2.09 bits per heavy atom. The monoisotopic (exact) mass is 470 g/mol. The number of likely N-dealkylation sites (tertiary alicyclic amines) is 1. The van der Waals surface area contributed by atoms with Gasteiger partial charge in [0.15, 0.2) is 0 Å². The molecule has 5 rings (SSSR count). The van der Waals surface area contributed by atoms with Crippen molar-refractivity contribution < 1.29 is 13.5 Å². The van der Waals surface area contributed by atoms with E-state index >= 15 is 0 Å². The van der Waals surface area contributed by atoms with Gasteiger partial charge in [0.1, 0.15) is 17.8 Å². The molecule has 10 heteroatoms. The van der Waals surface area contributed by atoms with Gasteiger partial charge in [0.2, 0.25) is 10.0 Å². The lowest BCUT2D eigenvalue weighted by Gasteiger charge is -2.38. The lowest BCUT2D eigenvalue weighted by molar-refractivity contribution is 0.128. The molecule has 1 saturated heterocycles. The molecular weight excluding hydrogens is 440 g/mol. The molecule has 176 valence electrons. The van der Waals surface area contributed by atoms with E-state index in [1.54, 1.807) is 0 Å². The molecule has 1 aliphatic carbocycles. The summed E-state index contributed by atoms with van der Waals surface area (Å²) < 4.78 is 27.7. The van der Waals surface area contributed by atoms with Crippen LogP contribution in [0.15, 0.2) is 36.8 Å². The second-order valence-electron chi connectivity index (χ2n) is 9.39. The summed E-state index contributed by atoms with van der Waals surface area (Å²) in [5.41, 5.74) is 9.89. The number of nitrogens with two attached hydrogens (primary N) is 1. The third-order valence-corrected chi connectivity index (χ3v) is 7.45. The minimum Gasteiger partial charge on any atom is -0.392 e. The van der Waals surface area contributed by atoms with Crippen LogP contribution in [0.1, 0.15) is 30.9 Å². The largest absolute Gasteiger partial charge is 0.392 e. The van der Waals surface area contributed by atoms with E-state index in [1.807, 2.05) is 24.3 Å². The Balaban J connectivity index is 1.40. The Labute approximate surface area is 193 Å². The van der Waals surface area contributed by atoms with Crippen molar-refractivity contribution in [2.75, 3.05) is 31.6 Å². The number of nitrogen functional groups attached to an aromatic ring is 1. The first kappa shape index (κ1) is 22.3. The number of hydrogen-bond acceptors (Lipinski definition) is 7. The molecule has 1 saturated carbocycles. The maximum Gasteiger partial charge on any atom is 0.209 e. The number of fused-ring (bicyclic) bond motifs is 1. The molecule has 4 N–H and O–H groups in total. The smallest absolute Gasteiger partial charge is 0.209 e. The van der Waals surface area contributed by atoms with Gasteiger partial charge in [-0.3, -0.25) is 0 Å². The van der Waals surface area contributed by atoms with Gasteiger partial charge in [-0.2, -0.15) is 0 Å². The van der Waals surface area contributed by atoms with Crippen molar-refractivity contribution in [3.05, 3.63) is 42.4 Å². The van der Waals surface area contributed by atoms with E-state index in [1.165, 1.54) is 6.33 Å². The average molecular weight is 471 g/mol. The van der Waals surface area contributed by atoms with Crippen molar-refractivity contribution in [1.82, 2.24) is 24.2 Å². The number of β-amino-alcohol motifs (C(OH)–C–C–N with tert-alkyl or cyclic N) is 1. The van der Waals surface area contributed by atoms with E-state index in [2.05, 4.69) is 30.4 Å². The molecule has 0 bridgehead atoms. The summed E-state index contributed by atoms with van der Waals surface area (Å²) in [5.74, 6) is 1.06. The molecule has 0 radical (unpaired) electrons. The summed E-state index contributed by atoms with van der Waals surface area (Å²) >= 11 is 0. The lowest BCUT2D eigenvalue weighted by atomic mass is 9.79. The van der Waals surface area contributed by atoms with Crippen LogP contribution in [0.25, 0.3) is 22.2 Å². The zero-order valence-electron chi connectivity index (χ0n) is 18.7. The van der Waals surface area contributed by atoms with Gasteiger partial charge in [0.25, 0.3) is 0 Å². The van der Waals surface area contributed by atoms with Gasteiger partial charge in [0.05, 0.1) is 17.7 Å². The summed E-state index contributed by atoms with van der Waals surface area (Å²) in [6, 6.07) is 8.14. The van der Waals surface area contributed by atoms with Crippen molar-refractivity contribution >= 4 is 26.9 Å². The van der Waals surface area contributed by atoms with Crippen molar-refractivity contribution in [3.8, 4) is 11.1 Å². The summed E-state index contributed by atoms with van der Waals surface area (Å²) in [6.07, 6.45) is 7.60.